The second-order valence-electron chi connectivity index (χ2n) is 7.37. The number of quaternary nitrogens is 2. The summed E-state index contributed by atoms with van der Waals surface area (Å²) < 4.78 is 0. The van der Waals surface area contributed by atoms with E-state index >= 15 is 0 Å². The van der Waals surface area contributed by atoms with Crippen molar-refractivity contribution < 1.29 is 19.4 Å². The van der Waals surface area contributed by atoms with Crippen LogP contribution < -0.4 is 14.7 Å². The number of halogens is 1. The van der Waals surface area contributed by atoms with Crippen LogP contribution in [0, 0.1) is 0 Å². The summed E-state index contributed by atoms with van der Waals surface area (Å²) in [5.74, 6) is -0.192. The number of hydrogen-bond donors (Lipinski definition) is 2. The predicted octanol–water partition coefficient (Wildman–Crippen LogP) is -0.0445. The zero-order valence-electron chi connectivity index (χ0n) is 15.2. The number of nitrogens with one attached hydrogen (secondary N) is 2. The van der Waals surface area contributed by atoms with Gasteiger partial charge in [0.25, 0.3) is 5.91 Å². The second kappa shape index (κ2) is 7.80. The van der Waals surface area contributed by atoms with Crippen LogP contribution in [0.3, 0.4) is 0 Å². The number of hydrogen-bond acceptors (Lipinski definition) is 2. The highest BCUT2D eigenvalue weighted by Gasteiger charge is 2.46. The minimum absolute atomic E-state index is 0.0798. The molecule has 0 aliphatic carbocycles. The summed E-state index contributed by atoms with van der Waals surface area (Å²) in [6, 6.07) is 17.1. The molecule has 2 aromatic rings. The van der Waals surface area contributed by atoms with Gasteiger partial charge in [-0.2, -0.15) is 0 Å². The summed E-state index contributed by atoms with van der Waals surface area (Å²) in [5.41, 5.74) is 1.96. The molecule has 0 saturated carbocycles. The Morgan fingerprint density at radius 2 is 1.59 bits per heavy atom. The van der Waals surface area contributed by atoms with E-state index in [4.69, 9.17) is 11.6 Å². The average Bonchev–Trinajstić information content (AvgIpc) is 2.98. The number of anilines is 1. The number of nitrogens with zero attached hydrogens (tertiary/aromatic N) is 1. The topological polar surface area (TPSA) is 46.3 Å². The molecule has 4 rings (SSSR count). The first kappa shape index (κ1) is 18.2. The molecule has 2 aliphatic rings. The van der Waals surface area contributed by atoms with E-state index < -0.39 is 0 Å². The standard InChI is InChI=1S/C21H22ClN3O2/c22-17-6-8-18(9-7-17)25-20(26)14-19(21(25)27)24-12-10-23(11-13-24)15-16-4-2-1-3-5-16/h1-9,19H,10-15H2/p+2/t19-/m1/s1. The molecule has 0 spiro atoms. The number of rotatable bonds is 4. The average molecular weight is 386 g/mol. The van der Waals surface area contributed by atoms with Gasteiger partial charge in [-0.15, -0.1) is 0 Å². The Labute approximate surface area is 164 Å². The summed E-state index contributed by atoms with van der Waals surface area (Å²) in [7, 11) is 0. The molecule has 0 radical (unpaired) electrons. The summed E-state index contributed by atoms with van der Waals surface area (Å²) in [6.45, 7) is 4.88. The van der Waals surface area contributed by atoms with Gasteiger partial charge in [0.15, 0.2) is 6.04 Å². The van der Waals surface area contributed by atoms with Gasteiger partial charge >= 0.3 is 0 Å². The largest absolute Gasteiger partial charge is 0.322 e. The van der Waals surface area contributed by atoms with Crippen molar-refractivity contribution in [3.63, 3.8) is 0 Å². The third-order valence-corrected chi connectivity index (χ3v) is 5.87. The van der Waals surface area contributed by atoms with E-state index in [2.05, 4.69) is 24.3 Å². The summed E-state index contributed by atoms with van der Waals surface area (Å²) in [5, 5.41) is 0.595. The van der Waals surface area contributed by atoms with Crippen molar-refractivity contribution in [1.29, 1.82) is 0 Å². The van der Waals surface area contributed by atoms with Gasteiger partial charge in [-0.25, -0.2) is 4.90 Å². The Kier molecular flexibility index (Phi) is 5.25. The second-order valence-corrected chi connectivity index (χ2v) is 7.81. The predicted molar refractivity (Wildman–Crippen MR) is 104 cm³/mol. The molecule has 0 unspecified atom stereocenters. The van der Waals surface area contributed by atoms with Crippen molar-refractivity contribution >= 4 is 29.1 Å². The highest BCUT2D eigenvalue weighted by atomic mass is 35.5. The minimum Gasteiger partial charge on any atom is -0.322 e. The number of imide groups is 1. The molecular weight excluding hydrogens is 362 g/mol. The molecule has 2 amide bonds. The number of benzene rings is 2. The lowest BCUT2D eigenvalue weighted by atomic mass is 10.1. The Hall–Kier alpha value is -2.21. The normalized spacial score (nSPS) is 25.8. The molecule has 0 bridgehead atoms. The van der Waals surface area contributed by atoms with Gasteiger partial charge in [0.05, 0.1) is 12.1 Å². The fraction of sp³-hybridized carbons (Fsp3) is 0.333. The van der Waals surface area contributed by atoms with Gasteiger partial charge in [-0.05, 0) is 24.3 Å². The van der Waals surface area contributed by atoms with Crippen LogP contribution in [0.25, 0.3) is 0 Å². The Balaban J connectivity index is 1.38. The first-order valence-electron chi connectivity index (χ1n) is 9.46. The minimum atomic E-state index is -0.258. The van der Waals surface area contributed by atoms with Crippen LogP contribution >= 0.6 is 11.6 Å². The van der Waals surface area contributed by atoms with Gasteiger partial charge < -0.3 is 9.80 Å². The van der Waals surface area contributed by atoms with E-state index in [-0.39, 0.29) is 17.9 Å². The highest BCUT2D eigenvalue weighted by Crippen LogP contribution is 2.23. The quantitative estimate of drug-likeness (QED) is 0.725. The monoisotopic (exact) mass is 385 g/mol. The first-order valence-corrected chi connectivity index (χ1v) is 9.84. The molecule has 2 aliphatic heterocycles. The molecule has 5 nitrogen and oxygen atoms in total. The van der Waals surface area contributed by atoms with E-state index in [0.29, 0.717) is 17.1 Å². The lowest BCUT2D eigenvalue weighted by molar-refractivity contribution is -1.02. The number of carbonyl (C=O) groups excluding carboxylic acids is 2. The first-order chi connectivity index (χ1) is 13.1. The van der Waals surface area contributed by atoms with E-state index in [1.165, 1.54) is 20.3 Å². The summed E-state index contributed by atoms with van der Waals surface area (Å²) in [4.78, 5) is 29.5. The van der Waals surface area contributed by atoms with Crippen molar-refractivity contribution in [2.45, 2.75) is 19.0 Å². The third kappa shape index (κ3) is 3.90. The van der Waals surface area contributed by atoms with Gasteiger partial charge in [0.1, 0.15) is 32.7 Å². The van der Waals surface area contributed by atoms with Crippen molar-refractivity contribution in [1.82, 2.24) is 0 Å². The maximum Gasteiger partial charge on any atom is 0.292 e. The van der Waals surface area contributed by atoms with E-state index in [0.717, 1.165) is 32.7 Å². The fourth-order valence-electron chi connectivity index (χ4n) is 4.15. The number of piperazine rings is 1. The Morgan fingerprint density at radius 1 is 0.926 bits per heavy atom. The van der Waals surface area contributed by atoms with Crippen LogP contribution in [-0.2, 0) is 16.1 Å². The van der Waals surface area contributed by atoms with E-state index in [9.17, 15) is 9.59 Å². The summed E-state index contributed by atoms with van der Waals surface area (Å²) in [6.07, 6.45) is 0.296. The van der Waals surface area contributed by atoms with Crippen LogP contribution in [0.15, 0.2) is 54.6 Å². The van der Waals surface area contributed by atoms with Crippen molar-refractivity contribution in [3.8, 4) is 0 Å². The maximum absolute atomic E-state index is 12.9. The molecule has 1 atom stereocenters. The highest BCUT2D eigenvalue weighted by molar-refractivity contribution is 6.30. The lowest BCUT2D eigenvalue weighted by Gasteiger charge is -2.32. The molecule has 2 fully saturated rings. The smallest absolute Gasteiger partial charge is 0.292 e. The third-order valence-electron chi connectivity index (χ3n) is 5.62. The van der Waals surface area contributed by atoms with Crippen LogP contribution in [-0.4, -0.2) is 44.0 Å². The maximum atomic E-state index is 12.9. The molecule has 2 heterocycles. The number of carbonyl (C=O) groups is 2. The summed E-state index contributed by atoms with van der Waals surface area (Å²) >= 11 is 5.92. The van der Waals surface area contributed by atoms with Gasteiger partial charge in [0.2, 0.25) is 5.91 Å². The van der Waals surface area contributed by atoms with Crippen molar-refractivity contribution in [2.75, 3.05) is 31.1 Å². The molecule has 2 aromatic carbocycles. The molecule has 6 heteroatoms. The molecule has 27 heavy (non-hydrogen) atoms. The van der Waals surface area contributed by atoms with Gasteiger partial charge in [-0.1, -0.05) is 41.9 Å². The Morgan fingerprint density at radius 3 is 2.26 bits per heavy atom. The van der Waals surface area contributed by atoms with Crippen LogP contribution in [0.4, 0.5) is 5.69 Å². The fourth-order valence-corrected chi connectivity index (χ4v) is 4.27. The van der Waals surface area contributed by atoms with E-state index in [1.54, 1.807) is 24.3 Å². The molecular formula is C21H24ClN3O2+2. The van der Waals surface area contributed by atoms with E-state index in [1.807, 2.05) is 6.07 Å². The molecule has 2 N–H and O–H groups in total. The van der Waals surface area contributed by atoms with Crippen molar-refractivity contribution in [2.24, 2.45) is 0 Å². The zero-order valence-corrected chi connectivity index (χ0v) is 15.9. The number of amides is 2. The van der Waals surface area contributed by atoms with Gasteiger partial charge in [-0.3, -0.25) is 9.59 Å². The molecule has 2 saturated heterocycles. The van der Waals surface area contributed by atoms with Crippen LogP contribution in [0.1, 0.15) is 12.0 Å². The van der Waals surface area contributed by atoms with Gasteiger partial charge in [0, 0.05) is 10.6 Å². The molecule has 0 aromatic heterocycles. The van der Waals surface area contributed by atoms with Crippen LogP contribution in [0.2, 0.25) is 5.02 Å². The zero-order chi connectivity index (χ0) is 18.8. The van der Waals surface area contributed by atoms with Crippen LogP contribution in [0.5, 0.6) is 0 Å². The SMILES string of the molecule is O=C1C[C@@H]([NH+]2CC[NH+](Cc3ccccc3)CC2)C(=O)N1c1ccc(Cl)cc1. The lowest BCUT2D eigenvalue weighted by Crippen LogP contribution is -3.29. The van der Waals surface area contributed by atoms with Crippen molar-refractivity contribution in [3.05, 3.63) is 65.2 Å². The Bertz CT molecular complexity index is 817. The molecule has 140 valence electrons.